The largest absolute Gasteiger partial charge is 0.326 e. The zero-order valence-electron chi connectivity index (χ0n) is 12.1. The Labute approximate surface area is 124 Å². The van der Waals surface area contributed by atoms with E-state index < -0.39 is 15.6 Å². The summed E-state index contributed by atoms with van der Waals surface area (Å²) in [6.45, 7) is 1.65. The molecule has 2 rings (SSSR count). The molecule has 1 aliphatic carbocycles. The van der Waals surface area contributed by atoms with E-state index in [0.29, 0.717) is 11.3 Å². The van der Waals surface area contributed by atoms with Crippen molar-refractivity contribution in [2.75, 3.05) is 5.32 Å². The Balaban J connectivity index is 2.11. The molecular weight excluding hydrogens is 290 g/mol. The fraction of sp³-hybridized carbons (Fsp3) is 0.500. The van der Waals surface area contributed by atoms with Gasteiger partial charge in [0.1, 0.15) is 0 Å². The van der Waals surface area contributed by atoms with Gasteiger partial charge in [-0.15, -0.1) is 0 Å². The van der Waals surface area contributed by atoms with E-state index in [1.54, 1.807) is 19.1 Å². The SMILES string of the molecule is Cc1ccc(NC(=O)CC2(N)CCCC2)cc1S(N)(=O)=O. The number of carbonyl (C=O) groups excluding carboxylic acids is 1. The number of nitrogens with one attached hydrogen (secondary N) is 1. The van der Waals surface area contributed by atoms with Crippen molar-refractivity contribution in [2.45, 2.75) is 49.5 Å². The Bertz CT molecular complexity index is 649. The van der Waals surface area contributed by atoms with Crippen LogP contribution < -0.4 is 16.2 Å². The normalized spacial score (nSPS) is 17.7. The Morgan fingerprint density at radius 1 is 1.33 bits per heavy atom. The highest BCUT2D eigenvalue weighted by atomic mass is 32.2. The third kappa shape index (κ3) is 4.03. The standard InChI is InChI=1S/C14H21N3O3S/c1-10-4-5-11(8-12(10)21(16,19)20)17-13(18)9-14(15)6-2-3-7-14/h4-5,8H,2-3,6-7,9,15H2,1H3,(H,17,18)(H2,16,19,20). The van der Waals surface area contributed by atoms with Gasteiger partial charge in [0.25, 0.3) is 0 Å². The highest BCUT2D eigenvalue weighted by Crippen LogP contribution is 2.30. The van der Waals surface area contributed by atoms with Gasteiger partial charge in [-0.1, -0.05) is 18.9 Å². The molecule has 1 fully saturated rings. The maximum absolute atomic E-state index is 12.0. The molecule has 1 saturated carbocycles. The fourth-order valence-corrected chi connectivity index (χ4v) is 3.57. The summed E-state index contributed by atoms with van der Waals surface area (Å²) < 4.78 is 22.9. The first-order valence-electron chi connectivity index (χ1n) is 6.92. The first kappa shape index (κ1) is 15.9. The van der Waals surface area contributed by atoms with Gasteiger partial charge in [0.05, 0.1) is 4.90 Å². The molecule has 0 heterocycles. The third-order valence-corrected chi connectivity index (χ3v) is 4.94. The number of anilines is 1. The first-order valence-corrected chi connectivity index (χ1v) is 8.46. The zero-order valence-corrected chi connectivity index (χ0v) is 12.9. The summed E-state index contributed by atoms with van der Waals surface area (Å²) in [5.74, 6) is -0.205. The second-order valence-electron chi connectivity index (χ2n) is 5.82. The number of amides is 1. The number of hydrogen-bond acceptors (Lipinski definition) is 4. The molecule has 0 aliphatic heterocycles. The van der Waals surface area contributed by atoms with Crippen LogP contribution in [0, 0.1) is 6.92 Å². The molecule has 5 N–H and O–H groups in total. The lowest BCUT2D eigenvalue weighted by Gasteiger charge is -2.22. The van der Waals surface area contributed by atoms with Crippen molar-refractivity contribution in [1.29, 1.82) is 0 Å². The molecule has 0 saturated heterocycles. The van der Waals surface area contributed by atoms with Crippen molar-refractivity contribution >= 4 is 21.6 Å². The number of rotatable bonds is 4. The molecule has 1 amide bonds. The van der Waals surface area contributed by atoms with Crippen LogP contribution in [0.3, 0.4) is 0 Å². The minimum Gasteiger partial charge on any atom is -0.326 e. The van der Waals surface area contributed by atoms with E-state index in [1.165, 1.54) is 6.07 Å². The molecule has 1 aromatic carbocycles. The Kier molecular flexibility index (Phi) is 4.36. The van der Waals surface area contributed by atoms with Gasteiger partial charge in [-0.05, 0) is 37.5 Å². The summed E-state index contributed by atoms with van der Waals surface area (Å²) in [5.41, 5.74) is 6.68. The van der Waals surface area contributed by atoms with Crippen LogP contribution in [0.25, 0.3) is 0 Å². The van der Waals surface area contributed by atoms with Crippen molar-refractivity contribution in [2.24, 2.45) is 10.9 Å². The predicted molar refractivity (Wildman–Crippen MR) is 81.2 cm³/mol. The number of hydrogen-bond donors (Lipinski definition) is 3. The van der Waals surface area contributed by atoms with Crippen LogP contribution in [0.4, 0.5) is 5.69 Å². The zero-order chi connectivity index (χ0) is 15.7. The number of carbonyl (C=O) groups is 1. The van der Waals surface area contributed by atoms with E-state index in [4.69, 9.17) is 10.9 Å². The molecule has 0 aromatic heterocycles. The number of nitrogens with two attached hydrogens (primary N) is 2. The topological polar surface area (TPSA) is 115 Å². The van der Waals surface area contributed by atoms with Crippen molar-refractivity contribution in [3.05, 3.63) is 23.8 Å². The molecule has 6 nitrogen and oxygen atoms in total. The molecule has 0 bridgehead atoms. The molecule has 1 aliphatic rings. The summed E-state index contributed by atoms with van der Waals surface area (Å²) in [6, 6.07) is 4.64. The van der Waals surface area contributed by atoms with Crippen LogP contribution in [-0.2, 0) is 14.8 Å². The molecular formula is C14H21N3O3S. The van der Waals surface area contributed by atoms with Crippen LogP contribution in [0.2, 0.25) is 0 Å². The second kappa shape index (κ2) is 5.75. The van der Waals surface area contributed by atoms with Gasteiger partial charge in [-0.3, -0.25) is 4.79 Å². The molecule has 21 heavy (non-hydrogen) atoms. The monoisotopic (exact) mass is 311 g/mol. The summed E-state index contributed by atoms with van der Waals surface area (Å²) in [5, 5.41) is 7.84. The summed E-state index contributed by atoms with van der Waals surface area (Å²) in [6.07, 6.45) is 4.02. The van der Waals surface area contributed by atoms with Gasteiger partial charge in [0.2, 0.25) is 15.9 Å². The van der Waals surface area contributed by atoms with E-state index in [0.717, 1.165) is 25.7 Å². The van der Waals surface area contributed by atoms with Gasteiger partial charge >= 0.3 is 0 Å². The highest BCUT2D eigenvalue weighted by molar-refractivity contribution is 7.89. The van der Waals surface area contributed by atoms with Crippen molar-refractivity contribution in [3.8, 4) is 0 Å². The van der Waals surface area contributed by atoms with E-state index in [1.807, 2.05) is 0 Å². The predicted octanol–water partition coefficient (Wildman–Crippen LogP) is 1.24. The third-order valence-electron chi connectivity index (χ3n) is 3.89. The summed E-state index contributed by atoms with van der Waals surface area (Å²) in [7, 11) is -3.80. The minimum absolute atomic E-state index is 0.0172. The van der Waals surface area contributed by atoms with Gasteiger partial charge in [0.15, 0.2) is 0 Å². The fourth-order valence-electron chi connectivity index (χ4n) is 2.77. The van der Waals surface area contributed by atoms with E-state index in [2.05, 4.69) is 5.32 Å². The van der Waals surface area contributed by atoms with Crippen LogP contribution in [0.5, 0.6) is 0 Å². The number of primary sulfonamides is 1. The average molecular weight is 311 g/mol. The van der Waals surface area contributed by atoms with Crippen molar-refractivity contribution < 1.29 is 13.2 Å². The Morgan fingerprint density at radius 3 is 2.52 bits per heavy atom. The second-order valence-corrected chi connectivity index (χ2v) is 7.35. The number of aryl methyl sites for hydroxylation is 1. The highest BCUT2D eigenvalue weighted by Gasteiger charge is 2.31. The molecule has 116 valence electrons. The summed E-state index contributed by atoms with van der Waals surface area (Å²) >= 11 is 0. The van der Waals surface area contributed by atoms with Gasteiger partial charge < -0.3 is 11.1 Å². The van der Waals surface area contributed by atoms with E-state index >= 15 is 0 Å². The van der Waals surface area contributed by atoms with Crippen LogP contribution in [-0.4, -0.2) is 19.9 Å². The molecule has 7 heteroatoms. The molecule has 1 aromatic rings. The van der Waals surface area contributed by atoms with Crippen molar-refractivity contribution in [3.63, 3.8) is 0 Å². The lowest BCUT2D eigenvalue weighted by atomic mass is 9.94. The smallest absolute Gasteiger partial charge is 0.238 e. The summed E-state index contributed by atoms with van der Waals surface area (Å²) in [4.78, 5) is 12.1. The van der Waals surface area contributed by atoms with E-state index in [9.17, 15) is 13.2 Å². The minimum atomic E-state index is -3.80. The Hall–Kier alpha value is -1.44. The van der Waals surface area contributed by atoms with Gasteiger partial charge in [-0.25, -0.2) is 13.6 Å². The average Bonchev–Trinajstić information content (AvgIpc) is 2.76. The lowest BCUT2D eigenvalue weighted by Crippen LogP contribution is -2.40. The molecule has 0 radical (unpaired) electrons. The van der Waals surface area contributed by atoms with Crippen LogP contribution in [0.1, 0.15) is 37.7 Å². The van der Waals surface area contributed by atoms with Gasteiger partial charge in [-0.2, -0.15) is 0 Å². The number of sulfonamides is 1. The van der Waals surface area contributed by atoms with Gasteiger partial charge in [0, 0.05) is 17.6 Å². The molecule has 0 atom stereocenters. The quantitative estimate of drug-likeness (QED) is 0.776. The maximum atomic E-state index is 12.0. The van der Waals surface area contributed by atoms with Crippen LogP contribution in [0.15, 0.2) is 23.1 Å². The van der Waals surface area contributed by atoms with Crippen molar-refractivity contribution in [1.82, 2.24) is 0 Å². The maximum Gasteiger partial charge on any atom is 0.238 e. The molecule has 0 unspecified atom stereocenters. The first-order chi connectivity index (χ1) is 9.70. The molecule has 0 spiro atoms. The van der Waals surface area contributed by atoms with E-state index in [-0.39, 0.29) is 17.2 Å². The number of benzene rings is 1. The lowest BCUT2D eigenvalue weighted by molar-refractivity contribution is -0.117. The van der Waals surface area contributed by atoms with Crippen LogP contribution >= 0.6 is 0 Å². The Morgan fingerprint density at radius 2 is 1.95 bits per heavy atom.